The summed E-state index contributed by atoms with van der Waals surface area (Å²) < 4.78 is 65.1. The van der Waals surface area contributed by atoms with Gasteiger partial charge in [0.1, 0.15) is 34.3 Å². The number of ether oxygens (including phenoxy) is 6. The summed E-state index contributed by atoms with van der Waals surface area (Å²) in [7, 11) is 2.99. The van der Waals surface area contributed by atoms with Crippen LogP contribution >= 0.6 is 36.0 Å². The molecule has 0 aromatic heterocycles. The molecule has 70 heavy (non-hydrogen) atoms. The standard InChI is InChI=1S/C21H36O7SSi.C11H16O3.C8H20O3SSi.C7H4ClNO4/c1-8-25-30(26-9-2,27-10-3)13-11-12-29-20(22)28-21(4,5)17-14-18(23-6)16-19(15-17)24-7;1-11(2,12)8-5-9(13-3)7-10(6-8)14-4;1-4-8-13(9-3,10-5-2)11-6-7-12;8-7(10)13-6-3-1-5(2-4-6)9(11)12/h14-16H,8-13H2,1-7H3;5-7,12H,1-4H3;12H,4-8H2,1-3H3;1-4H. The number of hydrogen-bond donors (Lipinski definition) is 2. The number of carbonyl (C=O) groups excluding carboxylic acids is 2. The van der Waals surface area contributed by atoms with Gasteiger partial charge >= 0.3 is 28.3 Å². The van der Waals surface area contributed by atoms with Crippen LogP contribution in [0, 0.1) is 10.1 Å². The Bertz CT molecular complexity index is 1880. The number of nitro benzene ring substituents is 1. The first-order chi connectivity index (χ1) is 33.1. The van der Waals surface area contributed by atoms with E-state index < -0.39 is 39.2 Å². The zero-order valence-electron chi connectivity index (χ0n) is 43.2. The lowest BCUT2D eigenvalue weighted by atomic mass is 9.97. The number of rotatable bonds is 27. The molecule has 18 nitrogen and oxygen atoms in total. The Morgan fingerprint density at radius 3 is 1.49 bits per heavy atom. The van der Waals surface area contributed by atoms with Gasteiger partial charge in [0, 0.05) is 105 Å². The first-order valence-electron chi connectivity index (χ1n) is 22.6. The van der Waals surface area contributed by atoms with E-state index >= 15 is 0 Å². The van der Waals surface area contributed by atoms with Crippen molar-refractivity contribution in [3.05, 3.63) is 81.9 Å². The van der Waals surface area contributed by atoms with Crippen molar-refractivity contribution >= 4 is 70.0 Å². The third-order valence-corrected chi connectivity index (χ3v) is 16.6. The first-order valence-corrected chi connectivity index (χ1v) is 28.4. The molecular formula is C47H76ClNO17S2Si2. The van der Waals surface area contributed by atoms with Gasteiger partial charge in [0.25, 0.3) is 5.69 Å². The van der Waals surface area contributed by atoms with E-state index in [4.69, 9.17) is 61.8 Å². The van der Waals surface area contributed by atoms with E-state index in [1.54, 1.807) is 73.7 Å². The molecule has 0 amide bonds. The minimum atomic E-state index is -2.68. The fourth-order valence-electron chi connectivity index (χ4n) is 5.92. The average molecular weight is 1080 g/mol. The molecule has 1 unspecified atom stereocenters. The summed E-state index contributed by atoms with van der Waals surface area (Å²) in [5.74, 6) is 4.12. The number of nitro groups is 1. The summed E-state index contributed by atoms with van der Waals surface area (Å²) in [6, 6.07) is 17.4. The monoisotopic (exact) mass is 1080 g/mol. The van der Waals surface area contributed by atoms with Crippen molar-refractivity contribution in [1.82, 2.24) is 0 Å². The fraction of sp³-hybridized carbons (Fsp3) is 0.574. The van der Waals surface area contributed by atoms with Gasteiger partial charge in [-0.05, 0) is 116 Å². The van der Waals surface area contributed by atoms with E-state index in [1.807, 2.05) is 53.7 Å². The number of halogens is 1. The van der Waals surface area contributed by atoms with Crippen LogP contribution in [0.15, 0.2) is 60.7 Å². The molecule has 1 N–H and O–H groups in total. The van der Waals surface area contributed by atoms with Crippen molar-refractivity contribution in [2.24, 2.45) is 0 Å². The van der Waals surface area contributed by atoms with Crippen molar-refractivity contribution in [3.63, 3.8) is 0 Å². The molecule has 0 heterocycles. The highest BCUT2D eigenvalue weighted by Gasteiger charge is 2.40. The van der Waals surface area contributed by atoms with E-state index in [-0.39, 0.29) is 16.7 Å². The van der Waals surface area contributed by atoms with E-state index in [2.05, 4.69) is 24.3 Å². The number of hydrogen-bond acceptors (Lipinski definition) is 19. The SMILES string of the molecule is CCC[Si](OC)(OCC)OCCS.CCO[Si](CCCSC(=O)OC(C)(C)c1cc(OC)cc(OC)c1)(OCC)OCC.COc1cc(OC)cc(C(C)(C)O)c1.O=C(Cl)Oc1ccc([N+](=O)[O-])cc1. The van der Waals surface area contributed by atoms with Crippen molar-refractivity contribution < 1.29 is 74.6 Å². The molecule has 0 fully saturated rings. The molecule has 0 spiro atoms. The predicted molar refractivity (Wildman–Crippen MR) is 281 cm³/mol. The summed E-state index contributed by atoms with van der Waals surface area (Å²) in [5, 5.41) is 19.7. The lowest BCUT2D eigenvalue weighted by molar-refractivity contribution is -0.384. The third-order valence-electron chi connectivity index (χ3n) is 9.27. The molecule has 0 aliphatic rings. The highest BCUT2D eigenvalue weighted by molar-refractivity contribution is 8.13. The number of thiol groups is 1. The number of methoxy groups -OCH3 is 4. The quantitative estimate of drug-likeness (QED) is 0.0138. The number of nitrogens with zero attached hydrogens (tertiary/aromatic N) is 1. The predicted octanol–water partition coefficient (Wildman–Crippen LogP) is 11.5. The van der Waals surface area contributed by atoms with Crippen LogP contribution in [0.1, 0.15) is 86.3 Å². The van der Waals surface area contributed by atoms with E-state index in [0.29, 0.717) is 73.6 Å². The third kappa shape index (κ3) is 26.2. The van der Waals surface area contributed by atoms with Crippen LogP contribution in [0.25, 0.3) is 0 Å². The minimum Gasteiger partial charge on any atom is -0.497 e. The Kier molecular flexibility index (Phi) is 33.6. The lowest BCUT2D eigenvalue weighted by Crippen LogP contribution is -2.46. The summed E-state index contributed by atoms with van der Waals surface area (Å²) >= 11 is 10.2. The molecule has 0 saturated heterocycles. The van der Waals surface area contributed by atoms with Crippen LogP contribution in [0.3, 0.4) is 0 Å². The normalized spacial score (nSPS) is 12.0. The minimum absolute atomic E-state index is 0.0747. The number of non-ortho nitro benzene ring substituents is 1. The fourth-order valence-corrected chi connectivity index (χ4v) is 12.1. The molecule has 398 valence electrons. The number of thioether (sulfide) groups is 1. The Balaban J connectivity index is 0.000000993. The Morgan fingerprint density at radius 1 is 0.686 bits per heavy atom. The number of carbonyl (C=O) groups is 2. The molecule has 0 radical (unpaired) electrons. The van der Waals surface area contributed by atoms with E-state index in [0.717, 1.165) is 41.8 Å². The zero-order chi connectivity index (χ0) is 53.4. The van der Waals surface area contributed by atoms with Gasteiger partial charge in [0.2, 0.25) is 0 Å². The molecule has 3 aromatic rings. The zero-order valence-corrected chi connectivity index (χ0v) is 47.7. The van der Waals surface area contributed by atoms with E-state index in [1.165, 1.54) is 24.3 Å². The molecule has 0 saturated carbocycles. The molecule has 3 aromatic carbocycles. The highest BCUT2D eigenvalue weighted by Crippen LogP contribution is 2.34. The van der Waals surface area contributed by atoms with Gasteiger partial charge in [0.15, 0.2) is 0 Å². The summed E-state index contributed by atoms with van der Waals surface area (Å²) in [6.45, 7) is 19.9. The Hall–Kier alpha value is -3.66. The average Bonchev–Trinajstić information content (AvgIpc) is 3.32. The van der Waals surface area contributed by atoms with Gasteiger partial charge in [-0.3, -0.25) is 10.1 Å². The largest absolute Gasteiger partial charge is 0.500 e. The topological polar surface area (TPSA) is 208 Å². The lowest BCUT2D eigenvalue weighted by Gasteiger charge is -2.28. The Morgan fingerprint density at radius 2 is 1.13 bits per heavy atom. The van der Waals surface area contributed by atoms with Crippen molar-refractivity contribution in [3.8, 4) is 28.7 Å². The second-order valence-electron chi connectivity index (χ2n) is 15.3. The molecule has 0 bridgehead atoms. The van der Waals surface area contributed by atoms with Crippen molar-refractivity contribution in [1.29, 1.82) is 0 Å². The summed E-state index contributed by atoms with van der Waals surface area (Å²) in [5.41, 5.74) is -1.20. The summed E-state index contributed by atoms with van der Waals surface area (Å²) in [4.78, 5) is 32.3. The highest BCUT2D eigenvalue weighted by atomic mass is 35.5. The Labute approximate surface area is 431 Å². The molecule has 0 aliphatic heterocycles. The van der Waals surface area contributed by atoms with Gasteiger partial charge in [-0.25, -0.2) is 9.59 Å². The van der Waals surface area contributed by atoms with Gasteiger partial charge < -0.3 is 60.1 Å². The van der Waals surface area contributed by atoms with Crippen LogP contribution in [-0.4, -0.2) is 118 Å². The smallest absolute Gasteiger partial charge is 0.497 e. The number of aliphatic hydroxyl groups is 1. The first kappa shape index (κ1) is 66.3. The van der Waals surface area contributed by atoms with Crippen LogP contribution in [0.2, 0.25) is 12.1 Å². The van der Waals surface area contributed by atoms with E-state index in [9.17, 15) is 24.8 Å². The second kappa shape index (κ2) is 35.5. The van der Waals surface area contributed by atoms with Gasteiger partial charge in [-0.15, -0.1) is 0 Å². The van der Waals surface area contributed by atoms with Crippen LogP contribution < -0.4 is 23.7 Å². The van der Waals surface area contributed by atoms with Crippen molar-refractivity contribution in [2.75, 3.05) is 80.1 Å². The van der Waals surface area contributed by atoms with Crippen LogP contribution in [-0.2, 0) is 42.5 Å². The van der Waals surface area contributed by atoms with Gasteiger partial charge in [-0.1, -0.05) is 13.3 Å². The van der Waals surface area contributed by atoms with Crippen LogP contribution in [0.5, 0.6) is 28.7 Å². The maximum Gasteiger partial charge on any atom is 0.500 e. The van der Waals surface area contributed by atoms with Gasteiger partial charge in [-0.2, -0.15) is 12.6 Å². The summed E-state index contributed by atoms with van der Waals surface area (Å²) in [6.07, 6.45) is 1.76. The maximum absolute atomic E-state index is 12.4. The molecular weight excluding hydrogens is 1010 g/mol. The molecule has 0 aliphatic carbocycles. The van der Waals surface area contributed by atoms with Crippen LogP contribution in [0.4, 0.5) is 15.3 Å². The molecule has 3 rings (SSSR count). The molecule has 23 heteroatoms. The van der Waals surface area contributed by atoms with Crippen molar-refractivity contribution in [2.45, 2.75) is 98.4 Å². The van der Waals surface area contributed by atoms with Gasteiger partial charge in [0.05, 0.1) is 39.0 Å². The maximum atomic E-state index is 12.4. The second-order valence-corrected chi connectivity index (χ2v) is 22.7. The number of benzene rings is 3. The molecule has 1 atom stereocenters.